The van der Waals surface area contributed by atoms with Crippen molar-refractivity contribution in [1.82, 2.24) is 0 Å². The zero-order valence-electron chi connectivity index (χ0n) is 9.16. The molecule has 0 aliphatic carbocycles. The number of rotatable bonds is 3. The summed E-state index contributed by atoms with van der Waals surface area (Å²) in [6.45, 7) is 6.10. The van der Waals surface area contributed by atoms with Crippen molar-refractivity contribution in [3.8, 4) is 0 Å². The largest absolute Gasteiger partial charge is 0.378 e. The van der Waals surface area contributed by atoms with Gasteiger partial charge < -0.3 is 4.74 Å². The maximum atomic E-state index is 10.7. The molecule has 4 heteroatoms. The van der Waals surface area contributed by atoms with E-state index in [1.165, 1.54) is 0 Å². The lowest BCUT2D eigenvalue weighted by Crippen LogP contribution is -2.36. The van der Waals surface area contributed by atoms with Crippen LogP contribution in [0, 0.1) is 16.0 Å². The smallest absolute Gasteiger partial charge is 0.217 e. The molecule has 1 aliphatic heterocycles. The van der Waals surface area contributed by atoms with Gasteiger partial charge in [-0.2, -0.15) is 0 Å². The van der Waals surface area contributed by atoms with Crippen molar-refractivity contribution < 1.29 is 9.66 Å². The van der Waals surface area contributed by atoms with E-state index in [0.717, 1.165) is 12.8 Å². The van der Waals surface area contributed by atoms with E-state index >= 15 is 0 Å². The van der Waals surface area contributed by atoms with Gasteiger partial charge in [0.25, 0.3) is 0 Å². The second-order valence-electron chi connectivity index (χ2n) is 4.86. The van der Waals surface area contributed by atoms with Gasteiger partial charge in [-0.25, -0.2) is 0 Å². The Morgan fingerprint density at radius 3 is 2.57 bits per heavy atom. The van der Waals surface area contributed by atoms with Gasteiger partial charge in [-0.15, -0.1) is 0 Å². The van der Waals surface area contributed by atoms with Gasteiger partial charge in [-0.3, -0.25) is 10.1 Å². The molecule has 0 aromatic rings. The second-order valence-corrected chi connectivity index (χ2v) is 4.86. The van der Waals surface area contributed by atoms with Crippen LogP contribution in [0.15, 0.2) is 0 Å². The normalized spacial score (nSPS) is 28.8. The molecule has 82 valence electrons. The highest BCUT2D eigenvalue weighted by Gasteiger charge is 2.35. The Bertz CT molecular complexity index is 207. The molecule has 0 aromatic carbocycles. The lowest BCUT2D eigenvalue weighted by Gasteiger charge is -2.29. The predicted octanol–water partition coefficient (Wildman–Crippen LogP) is 2.25. The third kappa shape index (κ3) is 2.94. The van der Waals surface area contributed by atoms with Gasteiger partial charge in [0.05, 0.1) is 12.7 Å². The number of ether oxygens (including phenoxy) is 1. The molecule has 1 saturated heterocycles. The van der Waals surface area contributed by atoms with Gasteiger partial charge in [-0.05, 0) is 25.7 Å². The Morgan fingerprint density at radius 2 is 2.14 bits per heavy atom. The van der Waals surface area contributed by atoms with E-state index < -0.39 is 5.54 Å². The van der Waals surface area contributed by atoms with Crippen LogP contribution in [0.25, 0.3) is 0 Å². The Morgan fingerprint density at radius 1 is 1.50 bits per heavy atom. The molecule has 0 spiro atoms. The fourth-order valence-electron chi connectivity index (χ4n) is 1.88. The molecule has 4 nitrogen and oxygen atoms in total. The number of hydrogen-bond donors (Lipinski definition) is 0. The first-order valence-corrected chi connectivity index (χ1v) is 5.18. The Balaban J connectivity index is 2.41. The molecule has 0 aromatic heterocycles. The fraction of sp³-hybridized carbons (Fsp3) is 1.00. The van der Waals surface area contributed by atoms with Crippen molar-refractivity contribution in [2.45, 2.75) is 51.7 Å². The summed E-state index contributed by atoms with van der Waals surface area (Å²) in [5.74, 6) is 0.353. The van der Waals surface area contributed by atoms with Crippen molar-refractivity contribution >= 4 is 0 Å². The molecule has 0 radical (unpaired) electrons. The second kappa shape index (κ2) is 4.26. The lowest BCUT2D eigenvalue weighted by atomic mass is 9.87. The first-order valence-electron chi connectivity index (χ1n) is 5.18. The minimum atomic E-state index is -0.811. The van der Waals surface area contributed by atoms with E-state index in [1.54, 1.807) is 13.8 Å². The molecule has 1 fully saturated rings. The van der Waals surface area contributed by atoms with Gasteiger partial charge in [0, 0.05) is 25.2 Å². The van der Waals surface area contributed by atoms with Crippen LogP contribution in [0.1, 0.15) is 40.0 Å². The summed E-state index contributed by atoms with van der Waals surface area (Å²) in [7, 11) is 0. The molecule has 2 atom stereocenters. The molecule has 1 heterocycles. The van der Waals surface area contributed by atoms with Gasteiger partial charge in [-0.1, -0.05) is 0 Å². The quantitative estimate of drug-likeness (QED) is 0.519. The predicted molar refractivity (Wildman–Crippen MR) is 53.8 cm³/mol. The zero-order chi connectivity index (χ0) is 10.8. The molecular weight excluding hydrogens is 182 g/mol. The third-order valence-corrected chi connectivity index (χ3v) is 2.88. The molecule has 0 N–H and O–H groups in total. The zero-order valence-corrected chi connectivity index (χ0v) is 9.16. The highest BCUT2D eigenvalue weighted by atomic mass is 16.6. The van der Waals surface area contributed by atoms with E-state index in [9.17, 15) is 10.1 Å². The summed E-state index contributed by atoms with van der Waals surface area (Å²) >= 11 is 0. The number of nitro groups is 1. The van der Waals surface area contributed by atoms with Crippen LogP contribution in [-0.2, 0) is 4.74 Å². The van der Waals surface area contributed by atoms with Crippen molar-refractivity contribution in [2.24, 2.45) is 5.92 Å². The van der Waals surface area contributed by atoms with Crippen LogP contribution in [-0.4, -0.2) is 23.2 Å². The standard InChI is InChI=1S/C10H19NO3/c1-8-4-5-9(7-14-8)6-10(2,3)11(12)13/h8-9H,4-7H2,1-3H3. The van der Waals surface area contributed by atoms with Crippen LogP contribution in [0.3, 0.4) is 0 Å². The Hall–Kier alpha value is -0.640. The van der Waals surface area contributed by atoms with E-state index in [1.807, 2.05) is 0 Å². The highest BCUT2D eigenvalue weighted by Crippen LogP contribution is 2.27. The van der Waals surface area contributed by atoms with Crippen molar-refractivity contribution in [3.05, 3.63) is 10.1 Å². The maximum Gasteiger partial charge on any atom is 0.217 e. The van der Waals surface area contributed by atoms with Gasteiger partial charge in [0.1, 0.15) is 0 Å². The monoisotopic (exact) mass is 201 g/mol. The lowest BCUT2D eigenvalue weighted by molar-refractivity contribution is -0.563. The topological polar surface area (TPSA) is 52.4 Å². The Labute approximate surface area is 84.8 Å². The molecule has 1 rings (SSSR count). The van der Waals surface area contributed by atoms with Crippen molar-refractivity contribution in [3.63, 3.8) is 0 Å². The fourth-order valence-corrected chi connectivity index (χ4v) is 1.88. The molecule has 14 heavy (non-hydrogen) atoms. The van der Waals surface area contributed by atoms with Crippen LogP contribution in [0.4, 0.5) is 0 Å². The number of nitrogens with zero attached hydrogens (tertiary/aromatic N) is 1. The van der Waals surface area contributed by atoms with Gasteiger partial charge in [0.15, 0.2) is 0 Å². The van der Waals surface area contributed by atoms with Crippen LogP contribution >= 0.6 is 0 Å². The summed E-state index contributed by atoms with van der Waals surface area (Å²) in [6, 6.07) is 0. The first kappa shape index (κ1) is 11.4. The molecular formula is C10H19NO3. The summed E-state index contributed by atoms with van der Waals surface area (Å²) in [5, 5.41) is 10.7. The van der Waals surface area contributed by atoms with Crippen molar-refractivity contribution in [2.75, 3.05) is 6.61 Å². The average molecular weight is 201 g/mol. The molecule has 0 bridgehead atoms. The van der Waals surface area contributed by atoms with Crippen molar-refractivity contribution in [1.29, 1.82) is 0 Å². The SMILES string of the molecule is CC1CCC(CC(C)(C)[N+](=O)[O-])CO1. The average Bonchev–Trinajstić information content (AvgIpc) is 2.08. The van der Waals surface area contributed by atoms with Crippen LogP contribution in [0.2, 0.25) is 0 Å². The van der Waals surface area contributed by atoms with E-state index in [0.29, 0.717) is 25.0 Å². The van der Waals surface area contributed by atoms with Crippen LogP contribution < -0.4 is 0 Å². The summed E-state index contributed by atoms with van der Waals surface area (Å²) in [5.41, 5.74) is -0.811. The van der Waals surface area contributed by atoms with Gasteiger partial charge >= 0.3 is 0 Å². The minimum absolute atomic E-state index is 0.189. The molecule has 1 aliphatic rings. The third-order valence-electron chi connectivity index (χ3n) is 2.88. The number of hydrogen-bond acceptors (Lipinski definition) is 3. The first-order chi connectivity index (χ1) is 6.42. The maximum absolute atomic E-state index is 10.7. The van der Waals surface area contributed by atoms with E-state index in [4.69, 9.17) is 4.74 Å². The van der Waals surface area contributed by atoms with E-state index in [-0.39, 0.29) is 4.92 Å². The van der Waals surface area contributed by atoms with E-state index in [2.05, 4.69) is 6.92 Å². The summed E-state index contributed by atoms with van der Waals surface area (Å²) in [6.07, 6.45) is 3.02. The summed E-state index contributed by atoms with van der Waals surface area (Å²) in [4.78, 5) is 10.5. The Kier molecular flexibility index (Phi) is 3.48. The molecule has 2 unspecified atom stereocenters. The molecule has 0 amide bonds. The molecule has 0 saturated carbocycles. The summed E-state index contributed by atoms with van der Waals surface area (Å²) < 4.78 is 5.49. The minimum Gasteiger partial charge on any atom is -0.378 e. The highest BCUT2D eigenvalue weighted by molar-refractivity contribution is 4.76. The van der Waals surface area contributed by atoms with Crippen LogP contribution in [0.5, 0.6) is 0 Å². The van der Waals surface area contributed by atoms with Gasteiger partial charge in [0.2, 0.25) is 5.54 Å².